The summed E-state index contributed by atoms with van der Waals surface area (Å²) >= 11 is 0. The van der Waals surface area contributed by atoms with Crippen molar-refractivity contribution in [2.75, 3.05) is 20.7 Å². The lowest BCUT2D eigenvalue weighted by molar-refractivity contribution is -0.134. The van der Waals surface area contributed by atoms with Gasteiger partial charge in [0, 0.05) is 19.2 Å². The van der Waals surface area contributed by atoms with E-state index in [0.29, 0.717) is 5.41 Å². The van der Waals surface area contributed by atoms with Gasteiger partial charge in [-0.25, -0.2) is 4.79 Å². The van der Waals surface area contributed by atoms with Crippen molar-refractivity contribution in [3.05, 3.63) is 41.5 Å². The number of hydrogen-bond acceptors (Lipinski definition) is 3. The molecule has 4 aliphatic carbocycles. The molecule has 0 amide bonds. The first-order valence-electron chi connectivity index (χ1n) is 10.1. The molecule has 26 heavy (non-hydrogen) atoms. The first-order valence-corrected chi connectivity index (χ1v) is 10.1. The lowest BCUT2D eigenvalue weighted by atomic mass is 9.49. The van der Waals surface area contributed by atoms with E-state index in [-0.39, 0.29) is 5.97 Å². The summed E-state index contributed by atoms with van der Waals surface area (Å²) in [6, 6.07) is 8.50. The topological polar surface area (TPSA) is 29.5 Å². The molecule has 3 nitrogen and oxygen atoms in total. The van der Waals surface area contributed by atoms with Crippen molar-refractivity contribution >= 4 is 12.0 Å². The number of carbonyl (C=O) groups is 1. The van der Waals surface area contributed by atoms with E-state index in [4.69, 9.17) is 0 Å². The fraction of sp³-hybridized carbons (Fsp3) is 0.609. The molecule has 0 spiro atoms. The molecule has 5 rings (SSSR count). The highest BCUT2D eigenvalue weighted by atomic mass is 16.5. The van der Waals surface area contributed by atoms with Crippen LogP contribution in [0.2, 0.25) is 0 Å². The molecule has 0 aromatic heterocycles. The minimum Gasteiger partial charge on any atom is -0.466 e. The summed E-state index contributed by atoms with van der Waals surface area (Å²) in [7, 11) is 3.68. The molecule has 1 aromatic rings. The highest BCUT2D eigenvalue weighted by Crippen LogP contribution is 2.60. The molecule has 0 aliphatic heterocycles. The largest absolute Gasteiger partial charge is 0.466 e. The van der Waals surface area contributed by atoms with Gasteiger partial charge in [0.2, 0.25) is 0 Å². The molecular formula is C23H31NO2. The third-order valence-electron chi connectivity index (χ3n) is 6.82. The van der Waals surface area contributed by atoms with Gasteiger partial charge in [0.15, 0.2) is 0 Å². The molecule has 3 heteroatoms. The number of benzene rings is 1. The Kier molecular flexibility index (Phi) is 4.92. The van der Waals surface area contributed by atoms with E-state index in [0.717, 1.165) is 29.9 Å². The zero-order valence-electron chi connectivity index (χ0n) is 16.1. The van der Waals surface area contributed by atoms with Crippen LogP contribution >= 0.6 is 0 Å². The predicted octanol–water partition coefficient (Wildman–Crippen LogP) is 4.52. The normalized spacial score (nSPS) is 32.5. The second kappa shape index (κ2) is 7.19. The lowest BCUT2D eigenvalue weighted by Crippen LogP contribution is -2.50. The Bertz CT molecular complexity index is 641. The molecule has 4 aliphatic rings. The van der Waals surface area contributed by atoms with Gasteiger partial charge in [0.25, 0.3) is 0 Å². The molecule has 0 N–H and O–H groups in total. The molecule has 4 fully saturated rings. The van der Waals surface area contributed by atoms with Gasteiger partial charge in [-0.1, -0.05) is 24.3 Å². The molecule has 4 bridgehead atoms. The fourth-order valence-electron chi connectivity index (χ4n) is 6.39. The number of rotatable bonds is 6. The van der Waals surface area contributed by atoms with Crippen molar-refractivity contribution in [1.82, 2.24) is 4.90 Å². The first-order chi connectivity index (χ1) is 12.5. The lowest BCUT2D eigenvalue weighted by Gasteiger charge is -2.57. The second-order valence-corrected chi connectivity index (χ2v) is 9.19. The number of ether oxygens (including phenoxy) is 1. The zero-order chi connectivity index (χ0) is 18.1. The Morgan fingerprint density at radius 2 is 1.69 bits per heavy atom. The maximum Gasteiger partial charge on any atom is 0.330 e. The van der Waals surface area contributed by atoms with Crippen molar-refractivity contribution < 1.29 is 9.53 Å². The fourth-order valence-corrected chi connectivity index (χ4v) is 6.39. The van der Waals surface area contributed by atoms with Crippen LogP contribution in [0.25, 0.3) is 6.08 Å². The standard InChI is InChI=1S/C23H31NO2/c1-24(15-18-5-3-17(4-6-18)7-8-22(25)26-2)16-23-12-19-9-20(13-23)11-21(10-19)14-23/h3-8,19-21H,9-16H2,1-2H3. The van der Waals surface area contributed by atoms with Crippen molar-refractivity contribution in [1.29, 1.82) is 0 Å². The Morgan fingerprint density at radius 3 is 2.23 bits per heavy atom. The van der Waals surface area contributed by atoms with Crippen molar-refractivity contribution in [2.45, 2.75) is 45.1 Å². The molecule has 0 unspecified atom stereocenters. The van der Waals surface area contributed by atoms with Gasteiger partial charge in [-0.2, -0.15) is 0 Å². The third-order valence-corrected chi connectivity index (χ3v) is 6.82. The molecule has 0 radical (unpaired) electrons. The number of carbonyl (C=O) groups excluding carboxylic acids is 1. The molecule has 0 atom stereocenters. The summed E-state index contributed by atoms with van der Waals surface area (Å²) in [6.07, 6.45) is 12.2. The third kappa shape index (κ3) is 3.88. The summed E-state index contributed by atoms with van der Waals surface area (Å²) in [5, 5.41) is 0. The van der Waals surface area contributed by atoms with E-state index < -0.39 is 0 Å². The SMILES string of the molecule is COC(=O)C=Cc1ccc(CN(C)CC23CC4CC(CC(C4)C2)C3)cc1. The van der Waals surface area contributed by atoms with Crippen molar-refractivity contribution in [3.8, 4) is 0 Å². The van der Waals surface area contributed by atoms with Crippen molar-refractivity contribution in [3.63, 3.8) is 0 Å². The molecule has 4 saturated carbocycles. The Balaban J connectivity index is 1.34. The maximum atomic E-state index is 11.2. The smallest absolute Gasteiger partial charge is 0.330 e. The van der Waals surface area contributed by atoms with Gasteiger partial charge < -0.3 is 9.64 Å². The van der Waals surface area contributed by atoms with Gasteiger partial charge in [-0.05, 0) is 85.9 Å². The highest BCUT2D eigenvalue weighted by Gasteiger charge is 2.50. The summed E-state index contributed by atoms with van der Waals surface area (Å²) < 4.78 is 4.63. The average Bonchev–Trinajstić information content (AvgIpc) is 2.59. The van der Waals surface area contributed by atoms with Gasteiger partial charge in [-0.3, -0.25) is 0 Å². The van der Waals surface area contributed by atoms with Crippen LogP contribution in [0.5, 0.6) is 0 Å². The van der Waals surface area contributed by atoms with Crippen LogP contribution in [0.1, 0.15) is 49.7 Å². The van der Waals surface area contributed by atoms with E-state index in [1.807, 2.05) is 0 Å². The van der Waals surface area contributed by atoms with E-state index in [9.17, 15) is 4.79 Å². The quantitative estimate of drug-likeness (QED) is 0.556. The predicted molar refractivity (Wildman–Crippen MR) is 104 cm³/mol. The molecule has 140 valence electrons. The monoisotopic (exact) mass is 353 g/mol. The maximum absolute atomic E-state index is 11.2. The molecular weight excluding hydrogens is 322 g/mol. The second-order valence-electron chi connectivity index (χ2n) is 9.19. The van der Waals surface area contributed by atoms with Crippen LogP contribution < -0.4 is 0 Å². The zero-order valence-corrected chi connectivity index (χ0v) is 16.1. The van der Waals surface area contributed by atoms with Crippen LogP contribution in [0.3, 0.4) is 0 Å². The van der Waals surface area contributed by atoms with E-state index in [1.165, 1.54) is 63.8 Å². The number of esters is 1. The van der Waals surface area contributed by atoms with Gasteiger partial charge in [0.05, 0.1) is 7.11 Å². The van der Waals surface area contributed by atoms with E-state index in [1.54, 1.807) is 6.08 Å². The van der Waals surface area contributed by atoms with Crippen LogP contribution in [-0.4, -0.2) is 31.6 Å². The molecule has 1 aromatic carbocycles. The van der Waals surface area contributed by atoms with E-state index in [2.05, 4.69) is 40.9 Å². The summed E-state index contributed by atoms with van der Waals surface area (Å²) in [4.78, 5) is 13.7. The average molecular weight is 354 g/mol. The van der Waals surface area contributed by atoms with Gasteiger partial charge in [-0.15, -0.1) is 0 Å². The molecule has 0 saturated heterocycles. The first kappa shape index (κ1) is 17.8. The Morgan fingerprint density at radius 1 is 1.12 bits per heavy atom. The number of hydrogen-bond donors (Lipinski definition) is 0. The van der Waals surface area contributed by atoms with Gasteiger partial charge >= 0.3 is 5.97 Å². The van der Waals surface area contributed by atoms with E-state index >= 15 is 0 Å². The van der Waals surface area contributed by atoms with Crippen LogP contribution in [0.15, 0.2) is 30.3 Å². The minimum absolute atomic E-state index is 0.315. The van der Waals surface area contributed by atoms with Crippen molar-refractivity contribution in [2.24, 2.45) is 23.2 Å². The highest BCUT2D eigenvalue weighted by molar-refractivity contribution is 5.86. The summed E-state index contributed by atoms with van der Waals surface area (Å²) in [6.45, 7) is 2.25. The van der Waals surface area contributed by atoms with Crippen LogP contribution in [0, 0.1) is 23.2 Å². The molecule has 0 heterocycles. The Hall–Kier alpha value is -1.61. The van der Waals surface area contributed by atoms with Gasteiger partial charge in [0.1, 0.15) is 0 Å². The minimum atomic E-state index is -0.315. The Labute approximate surface area is 157 Å². The summed E-state index contributed by atoms with van der Waals surface area (Å²) in [5.41, 5.74) is 2.97. The number of nitrogens with zero attached hydrogens (tertiary/aromatic N) is 1. The number of methoxy groups -OCH3 is 1. The van der Waals surface area contributed by atoms with Crippen LogP contribution in [0.4, 0.5) is 0 Å². The summed E-state index contributed by atoms with van der Waals surface area (Å²) in [5.74, 6) is 2.76. The van der Waals surface area contributed by atoms with Crippen LogP contribution in [-0.2, 0) is 16.1 Å².